The number of carbonyl (C=O) groups excluding carboxylic acids is 3. The second kappa shape index (κ2) is 12.6. The van der Waals surface area contributed by atoms with Crippen molar-refractivity contribution in [3.05, 3.63) is 90.8 Å². The molecule has 4 rings (SSSR count). The summed E-state index contributed by atoms with van der Waals surface area (Å²) in [5.41, 5.74) is 2.20. The van der Waals surface area contributed by atoms with Crippen LogP contribution in [-0.4, -0.2) is 35.2 Å². The molecule has 1 aliphatic rings. The molecule has 3 aromatic rings. The van der Waals surface area contributed by atoms with Crippen molar-refractivity contribution >= 4 is 79.1 Å². The number of para-hydroxylation sites is 1. The van der Waals surface area contributed by atoms with Gasteiger partial charge in [0.1, 0.15) is 0 Å². The van der Waals surface area contributed by atoms with Crippen LogP contribution in [0.2, 0.25) is 0 Å². The maximum atomic E-state index is 13.0. The molecule has 1 N–H and O–H groups in total. The van der Waals surface area contributed by atoms with Crippen molar-refractivity contribution in [2.24, 2.45) is 0 Å². The molecule has 10 heteroatoms. The molecular weight excluding hydrogens is 671 g/mol. The Kier molecular flexibility index (Phi) is 9.28. The molecule has 1 saturated heterocycles. The number of halogens is 2. The van der Waals surface area contributed by atoms with E-state index in [2.05, 4.69) is 43.8 Å². The first kappa shape index (κ1) is 27.2. The summed E-state index contributed by atoms with van der Waals surface area (Å²) in [6.45, 7) is 2.20. The third-order valence-corrected chi connectivity index (χ3v) is 7.38. The van der Waals surface area contributed by atoms with E-state index in [1.807, 2.05) is 49.4 Å². The van der Waals surface area contributed by atoms with Crippen molar-refractivity contribution in [1.82, 2.24) is 4.90 Å². The van der Waals surface area contributed by atoms with E-state index >= 15 is 0 Å². The SMILES string of the molecule is CCOc1cc(/C=C2\SC(=O)N(Cc3ccc(I)cc3)C2=O)cc(Br)c1OCC(=O)Nc1ccccc1. The lowest BCUT2D eigenvalue weighted by Gasteiger charge is -2.15. The molecule has 7 nitrogen and oxygen atoms in total. The van der Waals surface area contributed by atoms with Gasteiger partial charge < -0.3 is 14.8 Å². The summed E-state index contributed by atoms with van der Waals surface area (Å²) >= 11 is 6.59. The number of carbonyl (C=O) groups is 3. The molecule has 3 amide bonds. The third-order valence-electron chi connectivity index (χ3n) is 5.16. The Bertz CT molecular complexity index is 1350. The average Bonchev–Trinajstić information content (AvgIpc) is 3.13. The maximum absolute atomic E-state index is 13.0. The van der Waals surface area contributed by atoms with Crippen LogP contribution in [0.5, 0.6) is 11.5 Å². The van der Waals surface area contributed by atoms with Gasteiger partial charge in [-0.2, -0.15) is 0 Å². The van der Waals surface area contributed by atoms with Crippen molar-refractivity contribution < 1.29 is 23.9 Å². The lowest BCUT2D eigenvalue weighted by atomic mass is 10.1. The van der Waals surface area contributed by atoms with E-state index in [-0.39, 0.29) is 30.2 Å². The zero-order valence-corrected chi connectivity index (χ0v) is 24.3. The first-order valence-corrected chi connectivity index (χ1v) is 14.0. The predicted octanol–water partition coefficient (Wildman–Crippen LogP) is 6.71. The van der Waals surface area contributed by atoms with Gasteiger partial charge in [-0.3, -0.25) is 19.3 Å². The smallest absolute Gasteiger partial charge is 0.293 e. The minimum atomic E-state index is -0.347. The van der Waals surface area contributed by atoms with Crippen LogP contribution in [0.1, 0.15) is 18.1 Å². The number of amides is 3. The second-order valence-electron chi connectivity index (χ2n) is 7.86. The Morgan fingerprint density at radius 3 is 2.51 bits per heavy atom. The molecule has 0 radical (unpaired) electrons. The number of nitrogens with zero attached hydrogens (tertiary/aromatic N) is 1. The summed E-state index contributed by atoms with van der Waals surface area (Å²) in [6.07, 6.45) is 1.65. The fourth-order valence-electron chi connectivity index (χ4n) is 3.49. The summed E-state index contributed by atoms with van der Waals surface area (Å²) < 4.78 is 13.1. The van der Waals surface area contributed by atoms with E-state index in [1.54, 1.807) is 30.3 Å². The van der Waals surface area contributed by atoms with Crippen molar-refractivity contribution in [2.75, 3.05) is 18.5 Å². The Morgan fingerprint density at radius 1 is 1.08 bits per heavy atom. The summed E-state index contributed by atoms with van der Waals surface area (Å²) in [5, 5.41) is 2.45. The Labute approximate surface area is 240 Å². The van der Waals surface area contributed by atoms with Crippen LogP contribution in [0.25, 0.3) is 6.08 Å². The van der Waals surface area contributed by atoms with Gasteiger partial charge in [0.15, 0.2) is 18.1 Å². The van der Waals surface area contributed by atoms with Crippen LogP contribution < -0.4 is 14.8 Å². The second-order valence-corrected chi connectivity index (χ2v) is 11.0. The molecule has 1 aliphatic heterocycles. The van der Waals surface area contributed by atoms with Gasteiger partial charge in [0.25, 0.3) is 17.1 Å². The molecule has 1 heterocycles. The minimum absolute atomic E-state index is 0.213. The number of thioether (sulfide) groups is 1. The fraction of sp³-hybridized carbons (Fsp3) is 0.148. The van der Waals surface area contributed by atoms with Gasteiger partial charge in [-0.15, -0.1) is 0 Å². The zero-order chi connectivity index (χ0) is 26.4. The summed E-state index contributed by atoms with van der Waals surface area (Å²) in [5.74, 6) is 0.120. The maximum Gasteiger partial charge on any atom is 0.293 e. The quantitative estimate of drug-likeness (QED) is 0.198. The van der Waals surface area contributed by atoms with E-state index in [9.17, 15) is 14.4 Å². The number of imide groups is 1. The molecule has 37 heavy (non-hydrogen) atoms. The molecule has 0 spiro atoms. The highest BCUT2D eigenvalue weighted by Gasteiger charge is 2.35. The van der Waals surface area contributed by atoms with Gasteiger partial charge in [-0.1, -0.05) is 30.3 Å². The van der Waals surface area contributed by atoms with Crippen molar-refractivity contribution in [3.8, 4) is 11.5 Å². The standard InChI is InChI=1S/C27H22BrIN2O5S/c1-2-35-22-13-18(12-21(28)25(22)36-16-24(32)30-20-6-4-3-5-7-20)14-23-26(33)31(27(34)37-23)15-17-8-10-19(29)11-9-17/h3-14H,2,15-16H2,1H3,(H,30,32)/b23-14-. The third kappa shape index (κ3) is 7.14. The molecule has 3 aromatic carbocycles. The van der Waals surface area contributed by atoms with E-state index in [0.717, 1.165) is 20.9 Å². The number of anilines is 1. The van der Waals surface area contributed by atoms with Crippen molar-refractivity contribution in [3.63, 3.8) is 0 Å². The number of ether oxygens (including phenoxy) is 2. The number of nitrogens with one attached hydrogen (secondary N) is 1. The molecule has 0 aliphatic carbocycles. The average molecular weight is 693 g/mol. The summed E-state index contributed by atoms with van der Waals surface area (Å²) in [4.78, 5) is 39.4. The number of rotatable bonds is 9. The predicted molar refractivity (Wildman–Crippen MR) is 157 cm³/mol. The molecule has 0 aromatic heterocycles. The first-order valence-electron chi connectivity index (χ1n) is 11.3. The topological polar surface area (TPSA) is 84.9 Å². The van der Waals surface area contributed by atoms with Crippen LogP contribution in [0.3, 0.4) is 0 Å². The molecular formula is C27H22BrIN2O5S. The highest BCUT2D eigenvalue weighted by Crippen LogP contribution is 2.39. The zero-order valence-electron chi connectivity index (χ0n) is 19.7. The Morgan fingerprint density at radius 2 is 1.81 bits per heavy atom. The van der Waals surface area contributed by atoms with Gasteiger partial charge in [0.2, 0.25) is 0 Å². The largest absolute Gasteiger partial charge is 0.490 e. The number of benzene rings is 3. The molecule has 0 saturated carbocycles. The molecule has 0 bridgehead atoms. The number of hydrogen-bond donors (Lipinski definition) is 1. The lowest BCUT2D eigenvalue weighted by Crippen LogP contribution is -2.27. The lowest BCUT2D eigenvalue weighted by molar-refractivity contribution is -0.123. The van der Waals surface area contributed by atoms with E-state index in [1.165, 1.54) is 4.90 Å². The highest BCUT2D eigenvalue weighted by molar-refractivity contribution is 14.1. The van der Waals surface area contributed by atoms with E-state index in [4.69, 9.17) is 9.47 Å². The van der Waals surface area contributed by atoms with Crippen LogP contribution in [0, 0.1) is 3.57 Å². The van der Waals surface area contributed by atoms with Gasteiger partial charge in [-0.05, 0) is 111 Å². The van der Waals surface area contributed by atoms with Crippen LogP contribution >= 0.6 is 50.3 Å². The minimum Gasteiger partial charge on any atom is -0.490 e. The molecule has 1 fully saturated rings. The summed E-state index contributed by atoms with van der Waals surface area (Å²) in [6, 6.07) is 20.2. The van der Waals surface area contributed by atoms with Crippen molar-refractivity contribution in [1.29, 1.82) is 0 Å². The molecule has 0 unspecified atom stereocenters. The normalized spacial score (nSPS) is 14.2. The van der Waals surface area contributed by atoms with Gasteiger partial charge in [0.05, 0.1) is 22.5 Å². The van der Waals surface area contributed by atoms with Crippen LogP contribution in [0.15, 0.2) is 76.1 Å². The van der Waals surface area contributed by atoms with Crippen LogP contribution in [-0.2, 0) is 16.1 Å². The molecule has 0 atom stereocenters. The molecule has 190 valence electrons. The Hall–Kier alpha value is -2.83. The van der Waals surface area contributed by atoms with Gasteiger partial charge in [0, 0.05) is 9.26 Å². The Balaban J connectivity index is 1.49. The van der Waals surface area contributed by atoms with E-state index in [0.29, 0.717) is 38.7 Å². The highest BCUT2D eigenvalue weighted by atomic mass is 127. The summed E-state index contributed by atoms with van der Waals surface area (Å²) in [7, 11) is 0. The monoisotopic (exact) mass is 692 g/mol. The number of hydrogen-bond acceptors (Lipinski definition) is 6. The van der Waals surface area contributed by atoms with E-state index < -0.39 is 0 Å². The fourth-order valence-corrected chi connectivity index (χ4v) is 5.26. The van der Waals surface area contributed by atoms with Crippen molar-refractivity contribution in [2.45, 2.75) is 13.5 Å². The van der Waals surface area contributed by atoms with Gasteiger partial charge in [-0.25, -0.2) is 0 Å². The first-order chi connectivity index (χ1) is 17.8. The van der Waals surface area contributed by atoms with Crippen LogP contribution in [0.4, 0.5) is 10.5 Å². The van der Waals surface area contributed by atoms with Gasteiger partial charge >= 0.3 is 0 Å².